The summed E-state index contributed by atoms with van der Waals surface area (Å²) < 4.78 is 18.4. The third-order valence-electron chi connectivity index (χ3n) is 5.80. The molecule has 1 saturated carbocycles. The minimum atomic E-state index is -0.241. The van der Waals surface area contributed by atoms with Gasteiger partial charge in [0.1, 0.15) is 5.82 Å². The summed E-state index contributed by atoms with van der Waals surface area (Å²) in [5.74, 6) is 0.617. The van der Waals surface area contributed by atoms with E-state index in [9.17, 15) is 4.39 Å². The average molecular weight is 446 g/mol. The van der Waals surface area contributed by atoms with Crippen LogP contribution in [0.3, 0.4) is 0 Å². The number of nitrogens with zero attached hydrogens (tertiary/aromatic N) is 5. The van der Waals surface area contributed by atoms with E-state index in [4.69, 9.17) is 17.3 Å². The van der Waals surface area contributed by atoms with Crippen LogP contribution in [0.1, 0.15) is 36.1 Å². The Labute approximate surface area is 191 Å². The highest BCUT2D eigenvalue weighted by atomic mass is 32.1. The smallest absolute Gasteiger partial charge is 0.199 e. The lowest BCUT2D eigenvalue weighted by Crippen LogP contribution is -2.28. The Morgan fingerprint density at radius 2 is 1.75 bits per heavy atom. The molecule has 2 aromatic carbocycles. The average Bonchev–Trinajstić information content (AvgIpc) is 3.61. The molecule has 0 unspecified atom stereocenters. The predicted molar refractivity (Wildman–Crippen MR) is 125 cm³/mol. The first-order chi connectivity index (χ1) is 15.6. The van der Waals surface area contributed by atoms with Gasteiger partial charge in [0, 0.05) is 24.0 Å². The van der Waals surface area contributed by atoms with E-state index in [1.807, 2.05) is 60.4 Å². The summed E-state index contributed by atoms with van der Waals surface area (Å²) in [6.07, 6.45) is 5.82. The molecule has 1 fully saturated rings. The van der Waals surface area contributed by atoms with Gasteiger partial charge in [-0.3, -0.25) is 14.5 Å². The van der Waals surface area contributed by atoms with Crippen molar-refractivity contribution in [2.45, 2.75) is 31.6 Å². The molecule has 2 aromatic heterocycles. The monoisotopic (exact) mass is 445 g/mol. The van der Waals surface area contributed by atoms with Crippen LogP contribution in [0.15, 0.2) is 79.1 Å². The lowest BCUT2D eigenvalue weighted by atomic mass is 9.98. The van der Waals surface area contributed by atoms with Gasteiger partial charge in [0.2, 0.25) is 0 Å². The zero-order chi connectivity index (χ0) is 22.1. The van der Waals surface area contributed by atoms with Crippen molar-refractivity contribution in [1.29, 1.82) is 0 Å². The molecule has 1 aliphatic carbocycles. The van der Waals surface area contributed by atoms with Crippen molar-refractivity contribution < 1.29 is 4.39 Å². The van der Waals surface area contributed by atoms with Crippen molar-refractivity contribution in [2.75, 3.05) is 7.05 Å². The van der Waals surface area contributed by atoms with E-state index in [0.717, 1.165) is 35.4 Å². The molecule has 1 aliphatic rings. The van der Waals surface area contributed by atoms with Crippen LogP contribution in [0, 0.1) is 10.6 Å². The highest BCUT2D eigenvalue weighted by Crippen LogP contribution is 2.38. The molecular formula is C25H24FN5S. The van der Waals surface area contributed by atoms with Crippen LogP contribution >= 0.6 is 12.2 Å². The van der Waals surface area contributed by atoms with Crippen LogP contribution in [0.25, 0.3) is 11.4 Å². The molecule has 5 nitrogen and oxygen atoms in total. The zero-order valence-electron chi connectivity index (χ0n) is 17.8. The Balaban J connectivity index is 1.52. The maximum absolute atomic E-state index is 13.6. The number of rotatable bonds is 7. The molecule has 0 aliphatic heterocycles. The topological polar surface area (TPSA) is 38.9 Å². The van der Waals surface area contributed by atoms with Crippen LogP contribution in [0.5, 0.6) is 0 Å². The highest BCUT2D eigenvalue weighted by molar-refractivity contribution is 7.71. The van der Waals surface area contributed by atoms with Crippen molar-refractivity contribution in [3.63, 3.8) is 0 Å². The second-order valence-electron chi connectivity index (χ2n) is 8.21. The van der Waals surface area contributed by atoms with Gasteiger partial charge in [0.05, 0.1) is 12.7 Å². The van der Waals surface area contributed by atoms with Crippen LogP contribution < -0.4 is 0 Å². The van der Waals surface area contributed by atoms with E-state index in [1.54, 1.807) is 6.20 Å². The number of pyridine rings is 1. The lowest BCUT2D eigenvalue weighted by Gasteiger charge is -2.28. The summed E-state index contributed by atoms with van der Waals surface area (Å²) in [5, 5.41) is 4.90. The number of aromatic nitrogens is 4. The Morgan fingerprint density at radius 1 is 1.03 bits per heavy atom. The Hall–Kier alpha value is -3.16. The molecule has 0 radical (unpaired) electrons. The third kappa shape index (κ3) is 4.13. The number of hydrogen-bond donors (Lipinski definition) is 0. The quantitative estimate of drug-likeness (QED) is 0.346. The van der Waals surface area contributed by atoms with Gasteiger partial charge >= 0.3 is 0 Å². The molecule has 162 valence electrons. The van der Waals surface area contributed by atoms with Crippen LogP contribution in [-0.4, -0.2) is 31.3 Å². The molecule has 4 aromatic rings. The van der Waals surface area contributed by atoms with Crippen LogP contribution in [-0.2, 0) is 6.67 Å². The molecule has 0 spiro atoms. The summed E-state index contributed by atoms with van der Waals surface area (Å²) in [6, 6.07) is 21.2. The summed E-state index contributed by atoms with van der Waals surface area (Å²) in [4.78, 5) is 6.45. The summed E-state index contributed by atoms with van der Waals surface area (Å²) in [5.41, 5.74) is 3.10. The SMILES string of the molecule is CN(Cn1nc(-c2cccnc2)n(C2CC2)c1=S)[C@@H](c1ccccc1)c1ccc(F)cc1. The Morgan fingerprint density at radius 3 is 2.41 bits per heavy atom. The van der Waals surface area contributed by atoms with Crippen molar-refractivity contribution in [3.8, 4) is 11.4 Å². The minimum Gasteiger partial charge on any atom is -0.297 e. The minimum absolute atomic E-state index is 0.0633. The van der Waals surface area contributed by atoms with Gasteiger partial charge in [-0.1, -0.05) is 42.5 Å². The fraction of sp³-hybridized carbons (Fsp3) is 0.240. The van der Waals surface area contributed by atoms with Crippen molar-refractivity contribution in [1.82, 2.24) is 24.2 Å². The molecular weight excluding hydrogens is 421 g/mol. The molecule has 7 heteroatoms. The fourth-order valence-corrected chi connectivity index (χ4v) is 4.47. The van der Waals surface area contributed by atoms with Crippen molar-refractivity contribution in [2.24, 2.45) is 0 Å². The van der Waals surface area contributed by atoms with Crippen molar-refractivity contribution in [3.05, 3.63) is 101 Å². The van der Waals surface area contributed by atoms with Gasteiger partial charge in [-0.15, -0.1) is 0 Å². The summed E-state index contributed by atoms with van der Waals surface area (Å²) >= 11 is 5.85. The molecule has 0 amide bonds. The molecule has 5 rings (SSSR count). The molecule has 1 atom stereocenters. The summed E-state index contributed by atoms with van der Waals surface area (Å²) in [7, 11) is 2.04. The first-order valence-electron chi connectivity index (χ1n) is 10.7. The second-order valence-corrected chi connectivity index (χ2v) is 8.58. The number of benzene rings is 2. The van der Waals surface area contributed by atoms with E-state index >= 15 is 0 Å². The van der Waals surface area contributed by atoms with Gasteiger partial charge in [0.25, 0.3) is 0 Å². The molecule has 0 bridgehead atoms. The molecule has 0 N–H and O–H groups in total. The fourth-order valence-electron chi connectivity index (χ4n) is 4.14. The van der Waals surface area contributed by atoms with Gasteiger partial charge in [-0.25, -0.2) is 9.07 Å². The van der Waals surface area contributed by atoms with E-state index in [1.165, 1.54) is 12.1 Å². The van der Waals surface area contributed by atoms with Gasteiger partial charge < -0.3 is 0 Å². The van der Waals surface area contributed by atoms with E-state index < -0.39 is 0 Å². The predicted octanol–water partition coefficient (Wildman–Crippen LogP) is 5.63. The van der Waals surface area contributed by atoms with Crippen LogP contribution in [0.4, 0.5) is 4.39 Å². The number of hydrogen-bond acceptors (Lipinski definition) is 4. The second kappa shape index (κ2) is 8.76. The van der Waals surface area contributed by atoms with E-state index in [0.29, 0.717) is 17.5 Å². The van der Waals surface area contributed by atoms with Crippen molar-refractivity contribution >= 4 is 12.2 Å². The first-order valence-corrected chi connectivity index (χ1v) is 11.1. The largest absolute Gasteiger partial charge is 0.297 e. The third-order valence-corrected chi connectivity index (χ3v) is 6.21. The van der Waals surface area contributed by atoms with Gasteiger partial charge in [0.15, 0.2) is 10.6 Å². The van der Waals surface area contributed by atoms with Crippen LogP contribution in [0.2, 0.25) is 0 Å². The maximum Gasteiger partial charge on any atom is 0.199 e. The Bertz CT molecular complexity index is 1250. The molecule has 2 heterocycles. The van der Waals surface area contributed by atoms with Gasteiger partial charge in [-0.2, -0.15) is 5.10 Å². The first kappa shape index (κ1) is 20.7. The number of halogens is 1. The van der Waals surface area contributed by atoms with E-state index in [-0.39, 0.29) is 11.9 Å². The zero-order valence-corrected chi connectivity index (χ0v) is 18.6. The summed E-state index contributed by atoms with van der Waals surface area (Å²) in [6.45, 7) is 0.503. The normalized spacial score (nSPS) is 14.6. The molecule has 32 heavy (non-hydrogen) atoms. The van der Waals surface area contributed by atoms with E-state index in [2.05, 4.69) is 26.6 Å². The highest BCUT2D eigenvalue weighted by Gasteiger charge is 2.30. The van der Waals surface area contributed by atoms with Gasteiger partial charge in [-0.05, 0) is 67.5 Å². The standard InChI is InChI=1S/C25H24FN5S/c1-29(23(18-6-3-2-4-7-18)19-9-11-21(26)12-10-19)17-30-25(32)31(22-13-14-22)24(28-30)20-8-5-15-27-16-20/h2-12,15-16,22-23H,13-14,17H2,1H3/t23-/m0/s1. The lowest BCUT2D eigenvalue weighted by molar-refractivity contribution is 0.207. The maximum atomic E-state index is 13.6. The Kier molecular flexibility index (Phi) is 5.68. The molecule has 0 saturated heterocycles.